The number of carbonyl (C=O) groups excluding carboxylic acids is 1. The molecule has 1 amide bonds. The molecule has 0 spiro atoms. The van der Waals surface area contributed by atoms with E-state index in [2.05, 4.69) is 27.7 Å². The monoisotopic (exact) mass is 359 g/mol. The van der Waals surface area contributed by atoms with Gasteiger partial charge in [0, 0.05) is 18.5 Å². The molecular weight excluding hydrogens is 326 g/mol. The molecule has 0 saturated carbocycles. The summed E-state index contributed by atoms with van der Waals surface area (Å²) in [6.45, 7) is 4.99. The fourth-order valence-electron chi connectivity index (χ4n) is 4.20. The highest BCUT2D eigenvalue weighted by molar-refractivity contribution is 5.75. The molecule has 1 aromatic rings. The number of likely N-dealkylation sites (tertiary alicyclic amines) is 1. The smallest absolute Gasteiger partial charge is 0.220 e. The second-order valence-electron chi connectivity index (χ2n) is 7.56. The Balaban J connectivity index is 1.60. The Labute approximate surface area is 157 Å². The third-order valence-electron chi connectivity index (χ3n) is 5.76. The quantitative estimate of drug-likeness (QED) is 0.749. The lowest BCUT2D eigenvalue weighted by Crippen LogP contribution is -2.40. The number of rotatable bonds is 8. The van der Waals surface area contributed by atoms with Crippen LogP contribution in [0, 0.1) is 5.92 Å². The number of hydrogen-bond donors (Lipinski definition) is 2. The second kappa shape index (κ2) is 9.93. The first-order valence-corrected chi connectivity index (χ1v) is 10.1. The van der Waals surface area contributed by atoms with E-state index in [1.54, 1.807) is 7.11 Å². The molecular formula is C21H33N3O2. The van der Waals surface area contributed by atoms with Crippen molar-refractivity contribution < 1.29 is 9.53 Å². The zero-order valence-electron chi connectivity index (χ0n) is 16.0. The first-order valence-electron chi connectivity index (χ1n) is 10.1. The molecule has 2 fully saturated rings. The molecule has 26 heavy (non-hydrogen) atoms. The number of carbonyl (C=O) groups is 1. The lowest BCUT2D eigenvalue weighted by molar-refractivity contribution is -0.121. The van der Waals surface area contributed by atoms with Gasteiger partial charge < -0.3 is 15.4 Å². The molecule has 5 heteroatoms. The summed E-state index contributed by atoms with van der Waals surface area (Å²) in [5, 5.41) is 6.57. The van der Waals surface area contributed by atoms with Crippen LogP contribution in [-0.2, 0) is 4.79 Å². The third kappa shape index (κ3) is 5.21. The molecule has 144 valence electrons. The van der Waals surface area contributed by atoms with Gasteiger partial charge in [0.05, 0.1) is 13.2 Å². The van der Waals surface area contributed by atoms with Gasteiger partial charge in [-0.3, -0.25) is 9.69 Å². The van der Waals surface area contributed by atoms with Crippen molar-refractivity contribution in [2.24, 2.45) is 5.92 Å². The zero-order chi connectivity index (χ0) is 18.2. The maximum absolute atomic E-state index is 12.4. The normalized spacial score (nSPS) is 22.1. The predicted molar refractivity (Wildman–Crippen MR) is 104 cm³/mol. The van der Waals surface area contributed by atoms with Crippen LogP contribution >= 0.6 is 0 Å². The molecule has 2 heterocycles. The Bertz CT molecular complexity index is 566. The Kier molecular flexibility index (Phi) is 7.32. The third-order valence-corrected chi connectivity index (χ3v) is 5.76. The molecule has 2 aliphatic heterocycles. The van der Waals surface area contributed by atoms with E-state index in [9.17, 15) is 4.79 Å². The number of nitrogens with one attached hydrogen (secondary N) is 2. The van der Waals surface area contributed by atoms with Crippen molar-refractivity contribution in [1.29, 1.82) is 0 Å². The lowest BCUT2D eigenvalue weighted by atomic mass is 10.00. The molecule has 5 nitrogen and oxygen atoms in total. The summed E-state index contributed by atoms with van der Waals surface area (Å²) in [5.41, 5.74) is 1.18. The first kappa shape index (κ1) is 19.2. The number of ether oxygens (including phenoxy) is 1. The van der Waals surface area contributed by atoms with E-state index < -0.39 is 0 Å². The van der Waals surface area contributed by atoms with Gasteiger partial charge in [0.2, 0.25) is 5.91 Å². The molecule has 0 bridgehead atoms. The lowest BCUT2D eigenvalue weighted by Gasteiger charge is -2.35. The van der Waals surface area contributed by atoms with Crippen molar-refractivity contribution in [3.05, 3.63) is 29.8 Å². The summed E-state index contributed by atoms with van der Waals surface area (Å²) in [4.78, 5) is 14.9. The number of methoxy groups -OCH3 is 1. The van der Waals surface area contributed by atoms with E-state index in [4.69, 9.17) is 4.74 Å². The second-order valence-corrected chi connectivity index (χ2v) is 7.56. The summed E-state index contributed by atoms with van der Waals surface area (Å²) < 4.78 is 5.59. The van der Waals surface area contributed by atoms with Crippen LogP contribution < -0.4 is 15.4 Å². The summed E-state index contributed by atoms with van der Waals surface area (Å²) in [5.74, 6) is 1.75. The standard InChI is InChI=1S/C21H33N3O2/c1-26-20-8-4-3-7-18(20)19(24-13-5-2-6-14-24)16-23-21(25)10-9-17-11-12-22-15-17/h3-4,7-8,17,19,22H,2,5-6,9-16H2,1H3,(H,23,25). The topological polar surface area (TPSA) is 53.6 Å². The van der Waals surface area contributed by atoms with Crippen molar-refractivity contribution in [1.82, 2.24) is 15.5 Å². The van der Waals surface area contributed by atoms with Crippen LogP contribution in [0.1, 0.15) is 50.1 Å². The van der Waals surface area contributed by atoms with E-state index in [1.807, 2.05) is 12.1 Å². The van der Waals surface area contributed by atoms with Crippen molar-refractivity contribution in [3.8, 4) is 5.75 Å². The molecule has 1 aromatic carbocycles. The van der Waals surface area contributed by atoms with Crippen molar-refractivity contribution in [2.45, 2.75) is 44.6 Å². The molecule has 2 unspecified atom stereocenters. The molecule has 2 aliphatic rings. The maximum atomic E-state index is 12.4. The zero-order valence-corrected chi connectivity index (χ0v) is 16.0. The summed E-state index contributed by atoms with van der Waals surface area (Å²) in [7, 11) is 1.72. The van der Waals surface area contributed by atoms with Gasteiger partial charge >= 0.3 is 0 Å². The Hall–Kier alpha value is -1.59. The number of amides is 1. The molecule has 2 saturated heterocycles. The SMILES string of the molecule is COc1ccccc1C(CNC(=O)CCC1CCNC1)N1CCCCC1. The first-order chi connectivity index (χ1) is 12.8. The molecule has 0 aliphatic carbocycles. The summed E-state index contributed by atoms with van der Waals surface area (Å²) >= 11 is 0. The minimum atomic E-state index is 0.175. The molecule has 2 N–H and O–H groups in total. The van der Waals surface area contributed by atoms with Gasteiger partial charge in [-0.15, -0.1) is 0 Å². The summed E-state index contributed by atoms with van der Waals surface area (Å²) in [6.07, 6.45) is 6.58. The van der Waals surface area contributed by atoms with Crippen LogP contribution in [0.25, 0.3) is 0 Å². The number of para-hydroxylation sites is 1. The van der Waals surface area contributed by atoms with Gasteiger partial charge in [0.15, 0.2) is 0 Å². The fourth-order valence-corrected chi connectivity index (χ4v) is 4.20. The van der Waals surface area contributed by atoms with Crippen molar-refractivity contribution in [3.63, 3.8) is 0 Å². The Morgan fingerprint density at radius 1 is 1.31 bits per heavy atom. The fraction of sp³-hybridized carbons (Fsp3) is 0.667. The highest BCUT2D eigenvalue weighted by Gasteiger charge is 2.25. The average molecular weight is 360 g/mol. The van der Waals surface area contributed by atoms with Gasteiger partial charge in [-0.2, -0.15) is 0 Å². The van der Waals surface area contributed by atoms with E-state index in [1.165, 1.54) is 31.2 Å². The van der Waals surface area contributed by atoms with E-state index in [0.29, 0.717) is 18.9 Å². The van der Waals surface area contributed by atoms with Crippen LogP contribution in [0.5, 0.6) is 5.75 Å². The molecule has 3 rings (SSSR count). The minimum Gasteiger partial charge on any atom is -0.496 e. The van der Waals surface area contributed by atoms with Crippen LogP contribution in [0.15, 0.2) is 24.3 Å². The van der Waals surface area contributed by atoms with E-state index in [0.717, 1.165) is 38.3 Å². The number of hydrogen-bond acceptors (Lipinski definition) is 4. The van der Waals surface area contributed by atoms with Gasteiger partial charge in [0.25, 0.3) is 0 Å². The van der Waals surface area contributed by atoms with E-state index >= 15 is 0 Å². The number of nitrogens with zero attached hydrogens (tertiary/aromatic N) is 1. The Morgan fingerprint density at radius 2 is 2.12 bits per heavy atom. The highest BCUT2D eigenvalue weighted by Crippen LogP contribution is 2.31. The maximum Gasteiger partial charge on any atom is 0.220 e. The summed E-state index contributed by atoms with van der Waals surface area (Å²) in [6, 6.07) is 8.40. The van der Waals surface area contributed by atoms with Crippen molar-refractivity contribution in [2.75, 3.05) is 39.8 Å². The predicted octanol–water partition coefficient (Wildman–Crippen LogP) is 2.73. The number of piperidine rings is 1. The van der Waals surface area contributed by atoms with Crippen LogP contribution in [-0.4, -0.2) is 50.6 Å². The minimum absolute atomic E-state index is 0.175. The van der Waals surface area contributed by atoms with E-state index in [-0.39, 0.29) is 11.9 Å². The highest BCUT2D eigenvalue weighted by atomic mass is 16.5. The molecule has 2 atom stereocenters. The average Bonchev–Trinajstić information content (AvgIpc) is 3.21. The van der Waals surface area contributed by atoms with Gasteiger partial charge in [-0.25, -0.2) is 0 Å². The van der Waals surface area contributed by atoms with Gasteiger partial charge in [-0.1, -0.05) is 24.6 Å². The Morgan fingerprint density at radius 3 is 2.85 bits per heavy atom. The van der Waals surface area contributed by atoms with Gasteiger partial charge in [-0.05, 0) is 63.8 Å². The van der Waals surface area contributed by atoms with Gasteiger partial charge in [0.1, 0.15) is 5.75 Å². The molecule has 0 aromatic heterocycles. The van der Waals surface area contributed by atoms with Crippen LogP contribution in [0.4, 0.5) is 0 Å². The largest absolute Gasteiger partial charge is 0.496 e. The van der Waals surface area contributed by atoms with Crippen LogP contribution in [0.2, 0.25) is 0 Å². The molecule has 0 radical (unpaired) electrons. The van der Waals surface area contributed by atoms with Crippen LogP contribution in [0.3, 0.4) is 0 Å². The van der Waals surface area contributed by atoms with Crippen molar-refractivity contribution >= 4 is 5.91 Å². The number of benzene rings is 1.